The Morgan fingerprint density at radius 3 is 3.00 bits per heavy atom. The lowest BCUT2D eigenvalue weighted by Crippen LogP contribution is -2.19. The van der Waals surface area contributed by atoms with Crippen LogP contribution in [0.4, 0.5) is 0 Å². The highest BCUT2D eigenvalue weighted by Crippen LogP contribution is 1.99. The number of ether oxygens (including phenoxy) is 1. The molecule has 0 radical (unpaired) electrons. The molecule has 0 aliphatic heterocycles. The van der Waals surface area contributed by atoms with E-state index in [4.69, 9.17) is 4.74 Å². The molecule has 0 saturated heterocycles. The van der Waals surface area contributed by atoms with Crippen LogP contribution in [0.15, 0.2) is 18.5 Å². The zero-order valence-electron chi connectivity index (χ0n) is 8.92. The summed E-state index contributed by atoms with van der Waals surface area (Å²) in [4.78, 5) is 4.13. The second-order valence-corrected chi connectivity index (χ2v) is 3.24. The number of pyridine rings is 1. The van der Waals surface area contributed by atoms with Crippen molar-refractivity contribution < 1.29 is 4.74 Å². The molecule has 78 valence electrons. The predicted octanol–water partition coefficient (Wildman–Crippen LogP) is 1.52. The molecule has 0 bridgehead atoms. The number of aryl methyl sites for hydroxylation is 1. The van der Waals surface area contributed by atoms with Crippen molar-refractivity contribution in [2.24, 2.45) is 0 Å². The highest BCUT2D eigenvalue weighted by Gasteiger charge is 1.93. The predicted molar refractivity (Wildman–Crippen MR) is 57.2 cm³/mol. The van der Waals surface area contributed by atoms with Gasteiger partial charge in [0, 0.05) is 32.1 Å². The average molecular weight is 194 g/mol. The topological polar surface area (TPSA) is 34.1 Å². The number of rotatable bonds is 6. The van der Waals surface area contributed by atoms with Gasteiger partial charge in [-0.3, -0.25) is 4.98 Å². The molecule has 0 spiro atoms. The minimum Gasteiger partial charge on any atom is -0.380 e. The molecular weight excluding hydrogens is 176 g/mol. The molecule has 0 aromatic carbocycles. The number of nitrogens with zero attached hydrogens (tertiary/aromatic N) is 1. The summed E-state index contributed by atoms with van der Waals surface area (Å²) < 4.78 is 5.22. The van der Waals surface area contributed by atoms with Crippen molar-refractivity contribution in [1.29, 1.82) is 0 Å². The van der Waals surface area contributed by atoms with Gasteiger partial charge in [0.25, 0.3) is 0 Å². The summed E-state index contributed by atoms with van der Waals surface area (Å²) in [5.41, 5.74) is 2.43. The molecule has 1 N–H and O–H groups in total. The maximum absolute atomic E-state index is 5.22. The lowest BCUT2D eigenvalue weighted by Gasteiger charge is -2.05. The van der Waals surface area contributed by atoms with Gasteiger partial charge < -0.3 is 10.1 Å². The van der Waals surface area contributed by atoms with E-state index in [9.17, 15) is 0 Å². The van der Waals surface area contributed by atoms with Crippen LogP contribution < -0.4 is 5.32 Å². The first-order chi connectivity index (χ1) is 6.83. The number of hydrogen-bond donors (Lipinski definition) is 1. The van der Waals surface area contributed by atoms with Crippen LogP contribution in [0, 0.1) is 6.92 Å². The number of aromatic nitrogens is 1. The Bertz CT molecular complexity index is 263. The molecule has 1 aromatic rings. The van der Waals surface area contributed by atoms with Crippen molar-refractivity contribution in [1.82, 2.24) is 10.3 Å². The van der Waals surface area contributed by atoms with Gasteiger partial charge in [-0.25, -0.2) is 0 Å². The van der Waals surface area contributed by atoms with Crippen molar-refractivity contribution in [2.45, 2.75) is 20.4 Å². The molecule has 3 heteroatoms. The molecule has 0 aliphatic carbocycles. The molecule has 1 heterocycles. The molecule has 14 heavy (non-hydrogen) atoms. The minimum absolute atomic E-state index is 0.774. The normalized spacial score (nSPS) is 10.4. The smallest absolute Gasteiger partial charge is 0.0590 e. The van der Waals surface area contributed by atoms with Crippen LogP contribution in [0.1, 0.15) is 18.1 Å². The molecule has 0 fully saturated rings. The second-order valence-electron chi connectivity index (χ2n) is 3.24. The first-order valence-electron chi connectivity index (χ1n) is 5.02. The molecular formula is C11H18N2O. The summed E-state index contributed by atoms with van der Waals surface area (Å²) in [7, 11) is 0. The highest BCUT2D eigenvalue weighted by atomic mass is 16.5. The van der Waals surface area contributed by atoms with Crippen molar-refractivity contribution in [2.75, 3.05) is 19.8 Å². The van der Waals surface area contributed by atoms with Gasteiger partial charge >= 0.3 is 0 Å². The van der Waals surface area contributed by atoms with E-state index in [1.165, 1.54) is 11.1 Å². The van der Waals surface area contributed by atoms with Crippen LogP contribution in [0.5, 0.6) is 0 Å². The molecule has 0 unspecified atom stereocenters. The Balaban J connectivity index is 2.18. The summed E-state index contributed by atoms with van der Waals surface area (Å²) in [5, 5.41) is 3.30. The van der Waals surface area contributed by atoms with Gasteiger partial charge in [0.2, 0.25) is 0 Å². The van der Waals surface area contributed by atoms with Gasteiger partial charge in [0.15, 0.2) is 0 Å². The van der Waals surface area contributed by atoms with Crippen molar-refractivity contribution in [3.8, 4) is 0 Å². The van der Waals surface area contributed by atoms with Gasteiger partial charge in [-0.15, -0.1) is 0 Å². The fourth-order valence-electron chi connectivity index (χ4n) is 1.24. The van der Waals surface area contributed by atoms with E-state index in [2.05, 4.69) is 23.3 Å². The third kappa shape index (κ3) is 4.35. The second kappa shape index (κ2) is 6.51. The van der Waals surface area contributed by atoms with Crippen LogP contribution in [0.2, 0.25) is 0 Å². The molecule has 0 atom stereocenters. The summed E-state index contributed by atoms with van der Waals surface area (Å²) in [6, 6.07) is 2.14. The van der Waals surface area contributed by atoms with Crippen molar-refractivity contribution in [3.63, 3.8) is 0 Å². The molecule has 3 nitrogen and oxygen atoms in total. The quantitative estimate of drug-likeness (QED) is 0.697. The maximum atomic E-state index is 5.22. The van der Waals surface area contributed by atoms with Gasteiger partial charge in [0.1, 0.15) is 0 Å². The van der Waals surface area contributed by atoms with E-state index >= 15 is 0 Å². The first-order valence-corrected chi connectivity index (χ1v) is 5.02. The Morgan fingerprint density at radius 1 is 1.43 bits per heavy atom. The number of hydrogen-bond acceptors (Lipinski definition) is 3. The lowest BCUT2D eigenvalue weighted by atomic mass is 10.2. The largest absolute Gasteiger partial charge is 0.380 e. The standard InChI is InChI=1S/C11H18N2O/c1-3-14-5-4-12-8-11-6-10(2)7-13-9-11/h6-7,9,12H,3-5,8H2,1-2H3. The summed E-state index contributed by atoms with van der Waals surface area (Å²) in [6.07, 6.45) is 3.75. The molecule has 0 amide bonds. The van der Waals surface area contributed by atoms with Gasteiger partial charge in [-0.1, -0.05) is 6.07 Å². The van der Waals surface area contributed by atoms with Gasteiger partial charge in [-0.2, -0.15) is 0 Å². The fraction of sp³-hybridized carbons (Fsp3) is 0.545. The van der Waals surface area contributed by atoms with E-state index in [1.807, 2.05) is 19.3 Å². The van der Waals surface area contributed by atoms with E-state index in [-0.39, 0.29) is 0 Å². The zero-order chi connectivity index (χ0) is 10.2. The third-order valence-electron chi connectivity index (χ3n) is 1.89. The van der Waals surface area contributed by atoms with Gasteiger partial charge in [-0.05, 0) is 25.0 Å². The molecule has 1 aromatic heterocycles. The molecule has 0 aliphatic rings. The molecule has 1 rings (SSSR count). The minimum atomic E-state index is 0.774. The van der Waals surface area contributed by atoms with Gasteiger partial charge in [0.05, 0.1) is 6.61 Å². The van der Waals surface area contributed by atoms with Crippen LogP contribution in [-0.4, -0.2) is 24.7 Å². The maximum Gasteiger partial charge on any atom is 0.0590 e. The SMILES string of the molecule is CCOCCNCc1cncc(C)c1. The molecule has 0 saturated carbocycles. The fourth-order valence-corrected chi connectivity index (χ4v) is 1.24. The summed E-state index contributed by atoms with van der Waals surface area (Å²) in [5.74, 6) is 0. The van der Waals surface area contributed by atoms with Crippen LogP contribution in [-0.2, 0) is 11.3 Å². The van der Waals surface area contributed by atoms with E-state index in [0.29, 0.717) is 0 Å². The summed E-state index contributed by atoms with van der Waals surface area (Å²) >= 11 is 0. The Kier molecular flexibility index (Phi) is 5.19. The summed E-state index contributed by atoms with van der Waals surface area (Å²) in [6.45, 7) is 7.37. The van der Waals surface area contributed by atoms with E-state index in [1.54, 1.807) is 0 Å². The Labute approximate surface area is 85.5 Å². The van der Waals surface area contributed by atoms with Crippen LogP contribution >= 0.6 is 0 Å². The van der Waals surface area contributed by atoms with Crippen molar-refractivity contribution in [3.05, 3.63) is 29.6 Å². The first kappa shape index (κ1) is 11.1. The van der Waals surface area contributed by atoms with Crippen LogP contribution in [0.25, 0.3) is 0 Å². The third-order valence-corrected chi connectivity index (χ3v) is 1.89. The zero-order valence-corrected chi connectivity index (χ0v) is 8.92. The Hall–Kier alpha value is -0.930. The van der Waals surface area contributed by atoms with Crippen LogP contribution in [0.3, 0.4) is 0 Å². The monoisotopic (exact) mass is 194 g/mol. The lowest BCUT2D eigenvalue weighted by molar-refractivity contribution is 0.149. The van der Waals surface area contributed by atoms with E-state index < -0.39 is 0 Å². The average Bonchev–Trinajstić information content (AvgIpc) is 2.18. The van der Waals surface area contributed by atoms with Crippen molar-refractivity contribution >= 4 is 0 Å². The highest BCUT2D eigenvalue weighted by molar-refractivity contribution is 5.16. The van der Waals surface area contributed by atoms with E-state index in [0.717, 1.165) is 26.3 Å². The Morgan fingerprint density at radius 2 is 2.29 bits per heavy atom. The number of nitrogens with one attached hydrogen (secondary N) is 1.